The first-order valence-electron chi connectivity index (χ1n) is 8.29. The molecule has 0 saturated heterocycles. The minimum absolute atomic E-state index is 0.233. The summed E-state index contributed by atoms with van der Waals surface area (Å²) in [7, 11) is 1.49. The van der Waals surface area contributed by atoms with Crippen LogP contribution in [0.2, 0.25) is 0 Å². The maximum absolute atomic E-state index is 13.7. The van der Waals surface area contributed by atoms with E-state index in [1.807, 2.05) is 18.2 Å². The molecule has 0 unspecified atom stereocenters. The molecule has 2 N–H and O–H groups in total. The topological polar surface area (TPSA) is 69.6 Å². The van der Waals surface area contributed by atoms with Gasteiger partial charge in [0.15, 0.2) is 5.82 Å². The number of aromatic nitrogens is 2. The number of hydrogen-bond acceptors (Lipinski definition) is 4. The largest absolute Gasteiger partial charge is 0.495 e. The fraction of sp³-hybridized carbons (Fsp3) is 0.0476. The molecule has 0 fully saturated rings. The third kappa shape index (κ3) is 2.91. The molecule has 0 aliphatic heterocycles. The molecule has 0 atom stereocenters. The number of halogens is 1. The van der Waals surface area contributed by atoms with Crippen molar-refractivity contribution in [1.82, 2.24) is 9.38 Å². The van der Waals surface area contributed by atoms with Crippen molar-refractivity contribution in [1.29, 1.82) is 0 Å². The van der Waals surface area contributed by atoms with Crippen LogP contribution in [-0.2, 0) is 0 Å². The Balaban J connectivity index is 1.89. The summed E-state index contributed by atoms with van der Waals surface area (Å²) in [6.07, 6.45) is 1.76. The Kier molecular flexibility index (Phi) is 4.08. The van der Waals surface area contributed by atoms with Crippen molar-refractivity contribution in [3.63, 3.8) is 0 Å². The number of nitrogens with zero attached hydrogens (tertiary/aromatic N) is 2. The number of fused-ring (bicyclic) bond motifs is 1. The van der Waals surface area contributed by atoms with Gasteiger partial charge in [0, 0.05) is 17.3 Å². The van der Waals surface area contributed by atoms with Gasteiger partial charge < -0.3 is 10.5 Å². The van der Waals surface area contributed by atoms with Crippen molar-refractivity contribution < 1.29 is 13.9 Å². The number of methoxy groups -OCH3 is 1. The van der Waals surface area contributed by atoms with Gasteiger partial charge in [-0.15, -0.1) is 0 Å². The summed E-state index contributed by atoms with van der Waals surface area (Å²) in [5.74, 6) is 0.0154. The van der Waals surface area contributed by atoms with Crippen LogP contribution in [0.15, 0.2) is 66.9 Å². The van der Waals surface area contributed by atoms with E-state index in [-0.39, 0.29) is 17.4 Å². The molecule has 27 heavy (non-hydrogen) atoms. The molecule has 2 heterocycles. The van der Waals surface area contributed by atoms with Crippen LogP contribution in [0, 0.1) is 5.82 Å². The lowest BCUT2D eigenvalue weighted by molar-refractivity contribution is 0.102. The summed E-state index contributed by atoms with van der Waals surface area (Å²) in [5.41, 5.74) is 8.55. The standard InChI is InChI=1S/C21H16FN3O2/c1-27-18-12-14(8-9-16(18)23)20(26)21-24-19(13-5-4-6-15(22)11-13)17-7-2-3-10-25(17)21/h2-12H,23H2,1H3. The summed E-state index contributed by atoms with van der Waals surface area (Å²) in [5, 5.41) is 0. The van der Waals surface area contributed by atoms with Gasteiger partial charge in [-0.05, 0) is 42.5 Å². The molecule has 4 rings (SSSR count). The Hall–Kier alpha value is -3.67. The van der Waals surface area contributed by atoms with E-state index >= 15 is 0 Å². The summed E-state index contributed by atoms with van der Waals surface area (Å²) in [6.45, 7) is 0. The van der Waals surface area contributed by atoms with Crippen LogP contribution in [0.3, 0.4) is 0 Å². The Morgan fingerprint density at radius 2 is 1.96 bits per heavy atom. The molecule has 4 aromatic rings. The van der Waals surface area contributed by atoms with Gasteiger partial charge in [-0.25, -0.2) is 9.37 Å². The summed E-state index contributed by atoms with van der Waals surface area (Å²) in [4.78, 5) is 17.6. The van der Waals surface area contributed by atoms with Crippen LogP contribution in [0.1, 0.15) is 16.2 Å². The molecule has 5 nitrogen and oxygen atoms in total. The molecular formula is C21H16FN3O2. The normalized spacial score (nSPS) is 10.9. The molecule has 2 aromatic carbocycles. The van der Waals surface area contributed by atoms with Gasteiger partial charge in [-0.2, -0.15) is 0 Å². The quantitative estimate of drug-likeness (QED) is 0.441. The number of nitrogen functional groups attached to an aromatic ring is 1. The first kappa shape index (κ1) is 16.8. The fourth-order valence-electron chi connectivity index (χ4n) is 3.03. The number of ketones is 1. The molecule has 0 spiro atoms. The first-order chi connectivity index (χ1) is 13.1. The number of nitrogens with two attached hydrogens (primary N) is 1. The van der Waals surface area contributed by atoms with Crippen LogP contribution in [-0.4, -0.2) is 22.3 Å². The zero-order valence-electron chi connectivity index (χ0n) is 14.5. The highest BCUT2D eigenvalue weighted by Gasteiger charge is 2.20. The maximum Gasteiger partial charge on any atom is 0.228 e. The van der Waals surface area contributed by atoms with Crippen LogP contribution >= 0.6 is 0 Å². The monoisotopic (exact) mass is 361 g/mol. The lowest BCUT2D eigenvalue weighted by Gasteiger charge is -2.06. The Morgan fingerprint density at radius 3 is 2.74 bits per heavy atom. The predicted octanol–water partition coefficient (Wildman–Crippen LogP) is 3.96. The molecule has 0 radical (unpaired) electrons. The zero-order valence-corrected chi connectivity index (χ0v) is 14.5. The highest BCUT2D eigenvalue weighted by Crippen LogP contribution is 2.28. The molecule has 0 aliphatic carbocycles. The van der Waals surface area contributed by atoms with E-state index in [9.17, 15) is 9.18 Å². The van der Waals surface area contributed by atoms with Gasteiger partial charge in [-0.3, -0.25) is 9.20 Å². The van der Waals surface area contributed by atoms with Gasteiger partial charge in [0.2, 0.25) is 5.78 Å². The van der Waals surface area contributed by atoms with Crippen molar-refractivity contribution in [2.75, 3.05) is 12.8 Å². The number of hydrogen-bond donors (Lipinski definition) is 1. The van der Waals surface area contributed by atoms with Gasteiger partial charge in [0.25, 0.3) is 0 Å². The van der Waals surface area contributed by atoms with Crippen LogP contribution in [0.4, 0.5) is 10.1 Å². The average molecular weight is 361 g/mol. The van der Waals surface area contributed by atoms with Crippen molar-refractivity contribution in [3.05, 3.63) is 84.1 Å². The second kappa shape index (κ2) is 6.57. The van der Waals surface area contributed by atoms with E-state index in [1.165, 1.54) is 19.2 Å². The van der Waals surface area contributed by atoms with E-state index < -0.39 is 0 Å². The zero-order chi connectivity index (χ0) is 19.0. The highest BCUT2D eigenvalue weighted by molar-refractivity contribution is 6.08. The van der Waals surface area contributed by atoms with Gasteiger partial charge >= 0.3 is 0 Å². The van der Waals surface area contributed by atoms with Crippen LogP contribution in [0.5, 0.6) is 5.75 Å². The second-order valence-corrected chi connectivity index (χ2v) is 6.04. The summed E-state index contributed by atoms with van der Waals surface area (Å²) in [6, 6.07) is 16.5. The number of carbonyl (C=O) groups is 1. The average Bonchev–Trinajstić information content (AvgIpc) is 3.07. The predicted molar refractivity (Wildman–Crippen MR) is 101 cm³/mol. The fourth-order valence-corrected chi connectivity index (χ4v) is 3.03. The molecule has 6 heteroatoms. The van der Waals surface area contributed by atoms with E-state index in [1.54, 1.807) is 40.9 Å². The lowest BCUT2D eigenvalue weighted by Crippen LogP contribution is -2.07. The minimum Gasteiger partial charge on any atom is -0.495 e. The summed E-state index contributed by atoms with van der Waals surface area (Å²) >= 11 is 0. The second-order valence-electron chi connectivity index (χ2n) is 6.04. The van der Waals surface area contributed by atoms with E-state index in [0.717, 1.165) is 0 Å². The van der Waals surface area contributed by atoms with Crippen molar-refractivity contribution in [2.45, 2.75) is 0 Å². The third-order valence-corrected chi connectivity index (χ3v) is 4.35. The van der Waals surface area contributed by atoms with Gasteiger partial charge in [-0.1, -0.05) is 18.2 Å². The van der Waals surface area contributed by atoms with Crippen LogP contribution < -0.4 is 10.5 Å². The van der Waals surface area contributed by atoms with Crippen LogP contribution in [0.25, 0.3) is 16.8 Å². The maximum atomic E-state index is 13.7. The highest BCUT2D eigenvalue weighted by atomic mass is 19.1. The van der Waals surface area contributed by atoms with Gasteiger partial charge in [0.1, 0.15) is 11.6 Å². The number of carbonyl (C=O) groups excluding carboxylic acids is 1. The molecule has 0 amide bonds. The van der Waals surface area contributed by atoms with Crippen molar-refractivity contribution >= 4 is 17.0 Å². The minimum atomic E-state index is -0.360. The van der Waals surface area contributed by atoms with Crippen molar-refractivity contribution in [2.24, 2.45) is 0 Å². The number of imidazole rings is 1. The Labute approximate surface area is 154 Å². The number of rotatable bonds is 4. The third-order valence-electron chi connectivity index (χ3n) is 4.35. The molecule has 0 aliphatic rings. The molecule has 2 aromatic heterocycles. The molecule has 134 valence electrons. The molecule has 0 saturated carbocycles. The summed E-state index contributed by atoms with van der Waals surface area (Å²) < 4.78 is 20.6. The Morgan fingerprint density at radius 1 is 1.11 bits per heavy atom. The lowest BCUT2D eigenvalue weighted by atomic mass is 10.1. The molecule has 0 bridgehead atoms. The first-order valence-corrected chi connectivity index (χ1v) is 8.29. The molecular weight excluding hydrogens is 345 g/mol. The number of benzene rings is 2. The SMILES string of the molecule is COc1cc(C(=O)c2nc(-c3cccc(F)c3)c3ccccn23)ccc1N. The smallest absolute Gasteiger partial charge is 0.228 e. The Bertz CT molecular complexity index is 1170. The van der Waals surface area contributed by atoms with E-state index in [4.69, 9.17) is 10.5 Å². The van der Waals surface area contributed by atoms with E-state index in [2.05, 4.69) is 4.98 Å². The number of anilines is 1. The number of ether oxygens (including phenoxy) is 1. The van der Waals surface area contributed by atoms with Gasteiger partial charge in [0.05, 0.1) is 24.0 Å². The number of pyridine rings is 1. The van der Waals surface area contributed by atoms with E-state index in [0.29, 0.717) is 33.8 Å². The van der Waals surface area contributed by atoms with Crippen molar-refractivity contribution in [3.8, 4) is 17.0 Å².